The molecule has 1 saturated carbocycles. The minimum atomic E-state index is -0.0638. The van der Waals surface area contributed by atoms with Crippen LogP contribution < -0.4 is 4.74 Å². The van der Waals surface area contributed by atoms with Crippen LogP contribution in [0.1, 0.15) is 78.2 Å². The molecule has 0 bridgehead atoms. The van der Waals surface area contributed by atoms with E-state index >= 15 is 0 Å². The van der Waals surface area contributed by atoms with E-state index in [1.807, 2.05) is 13.1 Å². The van der Waals surface area contributed by atoms with Crippen LogP contribution in [-0.2, 0) is 20.8 Å². The van der Waals surface area contributed by atoms with Crippen molar-refractivity contribution >= 4 is 16.9 Å². The Balaban J connectivity index is 1.24. The molecule has 2 aliphatic rings. The Morgan fingerprint density at radius 3 is 2.51 bits per heavy atom. The van der Waals surface area contributed by atoms with Gasteiger partial charge in [-0.05, 0) is 87.6 Å². The maximum atomic E-state index is 12.4. The number of carbonyl (C=O) groups excluding carboxylic acids is 1. The monoisotopic (exact) mass is 511 g/mol. The molecule has 37 heavy (non-hydrogen) atoms. The Kier molecular flexibility index (Phi) is 9.41. The molecule has 2 heterocycles. The highest BCUT2D eigenvalue weighted by Gasteiger charge is 2.31. The van der Waals surface area contributed by atoms with Gasteiger partial charge in [0.25, 0.3) is 0 Å². The predicted octanol–water partition coefficient (Wildman–Crippen LogP) is 5.79. The van der Waals surface area contributed by atoms with Gasteiger partial charge in [0.05, 0.1) is 24.1 Å². The van der Waals surface area contributed by atoms with Crippen LogP contribution in [0.4, 0.5) is 0 Å². The van der Waals surface area contributed by atoms with Crippen LogP contribution in [0.3, 0.4) is 0 Å². The van der Waals surface area contributed by atoms with Gasteiger partial charge in [0.2, 0.25) is 0 Å². The van der Waals surface area contributed by atoms with Crippen molar-refractivity contribution in [1.82, 2.24) is 14.9 Å². The third kappa shape index (κ3) is 7.87. The van der Waals surface area contributed by atoms with Crippen molar-refractivity contribution in [2.75, 3.05) is 26.8 Å². The van der Waals surface area contributed by atoms with Crippen LogP contribution in [0.15, 0.2) is 24.4 Å². The Bertz CT molecular complexity index is 1020. The Morgan fingerprint density at radius 1 is 1.11 bits per heavy atom. The van der Waals surface area contributed by atoms with Crippen LogP contribution in [-0.4, -0.2) is 59.9 Å². The summed E-state index contributed by atoms with van der Waals surface area (Å²) in [6.07, 6.45) is 9.18. The van der Waals surface area contributed by atoms with Crippen LogP contribution in [0.25, 0.3) is 10.9 Å². The minimum Gasteiger partial charge on any atom is -0.465 e. The molecule has 7 heteroatoms. The first-order chi connectivity index (χ1) is 17.7. The summed E-state index contributed by atoms with van der Waals surface area (Å²) in [5.74, 6) is 0.699. The number of methoxy groups -OCH3 is 1. The van der Waals surface area contributed by atoms with Crippen molar-refractivity contribution in [3.8, 4) is 6.01 Å². The first-order valence-electron chi connectivity index (χ1n) is 14.1. The normalized spacial score (nSPS) is 22.6. The lowest BCUT2D eigenvalue weighted by atomic mass is 9.72. The van der Waals surface area contributed by atoms with Gasteiger partial charge in [-0.15, -0.1) is 0 Å². The molecule has 204 valence electrons. The van der Waals surface area contributed by atoms with Gasteiger partial charge in [-0.1, -0.05) is 26.8 Å². The summed E-state index contributed by atoms with van der Waals surface area (Å²) in [5.41, 5.74) is 2.52. The largest absolute Gasteiger partial charge is 0.465 e. The maximum Gasteiger partial charge on any atom is 0.317 e. The van der Waals surface area contributed by atoms with Gasteiger partial charge in [-0.2, -0.15) is 4.98 Å². The maximum absolute atomic E-state index is 12.4. The van der Waals surface area contributed by atoms with Crippen LogP contribution >= 0.6 is 0 Å². The smallest absolute Gasteiger partial charge is 0.317 e. The first-order valence-corrected chi connectivity index (χ1v) is 14.1. The zero-order valence-corrected chi connectivity index (χ0v) is 23.4. The number of ether oxygens (including phenoxy) is 3. The predicted molar refractivity (Wildman–Crippen MR) is 145 cm³/mol. The molecular formula is C30H45N3O4. The van der Waals surface area contributed by atoms with Gasteiger partial charge in [0.1, 0.15) is 6.10 Å². The van der Waals surface area contributed by atoms with Crippen LogP contribution in [0, 0.1) is 17.3 Å². The van der Waals surface area contributed by atoms with Gasteiger partial charge in [0, 0.05) is 31.7 Å². The number of hydrogen-bond donors (Lipinski definition) is 0. The first kappa shape index (κ1) is 27.8. The zero-order chi connectivity index (χ0) is 26.4. The number of aromatic nitrogens is 2. The average Bonchev–Trinajstić information content (AvgIpc) is 2.89. The summed E-state index contributed by atoms with van der Waals surface area (Å²) < 4.78 is 16.9. The van der Waals surface area contributed by atoms with E-state index in [4.69, 9.17) is 14.2 Å². The molecule has 0 radical (unpaired) electrons. The lowest BCUT2D eigenvalue weighted by Gasteiger charge is -2.36. The molecule has 1 unspecified atom stereocenters. The molecule has 2 aromatic rings. The van der Waals surface area contributed by atoms with Crippen molar-refractivity contribution in [2.45, 2.75) is 91.4 Å². The lowest BCUT2D eigenvalue weighted by molar-refractivity contribution is -0.150. The number of piperidine rings is 1. The summed E-state index contributed by atoms with van der Waals surface area (Å²) in [6, 6.07) is 6.88. The number of hydrogen-bond acceptors (Lipinski definition) is 7. The standard InChI is InChI=1S/C30H45N3O4/c1-21(35-5)14-17-36-28(34)23-12-15-33(16-13-23)20-22-6-11-27-24(18-22)19-31-29(32-27)37-26-9-7-25(8-10-26)30(2,3)4/h6,11,18-19,21,23,25-26H,7-10,12-17,20H2,1-5H3/t21?,25-,26-. The summed E-state index contributed by atoms with van der Waals surface area (Å²) in [4.78, 5) is 24.0. The molecule has 4 rings (SSSR count). The number of rotatable bonds is 9. The fourth-order valence-electron chi connectivity index (χ4n) is 5.56. The number of carbonyl (C=O) groups is 1. The van der Waals surface area contributed by atoms with Crippen molar-refractivity contribution in [2.24, 2.45) is 17.3 Å². The molecule has 1 atom stereocenters. The fraction of sp³-hybridized carbons (Fsp3) is 0.700. The quantitative estimate of drug-likeness (QED) is 0.394. The SMILES string of the molecule is COC(C)CCOC(=O)C1CCN(Cc2ccc3nc(O[C@H]4CC[C@H](C(C)(C)C)CC4)ncc3c2)CC1. The summed E-state index contributed by atoms with van der Waals surface area (Å²) in [5, 5.41) is 1.03. The number of likely N-dealkylation sites (tertiary alicyclic amines) is 1. The van der Waals surface area contributed by atoms with Crippen molar-refractivity contribution in [1.29, 1.82) is 0 Å². The van der Waals surface area contributed by atoms with E-state index < -0.39 is 0 Å². The third-order valence-corrected chi connectivity index (χ3v) is 8.29. The molecule has 1 aromatic carbocycles. The van der Waals surface area contributed by atoms with E-state index in [1.165, 1.54) is 18.4 Å². The fourth-order valence-corrected chi connectivity index (χ4v) is 5.56. The molecule has 0 amide bonds. The zero-order valence-electron chi connectivity index (χ0n) is 23.4. The highest BCUT2D eigenvalue weighted by molar-refractivity contribution is 5.78. The van der Waals surface area contributed by atoms with E-state index in [9.17, 15) is 4.79 Å². The topological polar surface area (TPSA) is 73.8 Å². The summed E-state index contributed by atoms with van der Waals surface area (Å²) in [7, 11) is 1.68. The van der Waals surface area contributed by atoms with Crippen LogP contribution in [0.2, 0.25) is 0 Å². The Morgan fingerprint density at radius 2 is 1.84 bits per heavy atom. The van der Waals surface area contributed by atoms with Crippen molar-refractivity contribution < 1.29 is 19.0 Å². The minimum absolute atomic E-state index is 0.000961. The molecule has 0 spiro atoms. The second-order valence-electron chi connectivity index (χ2n) is 12.1. The van der Waals surface area contributed by atoms with Crippen molar-refractivity contribution in [3.63, 3.8) is 0 Å². The van der Waals surface area contributed by atoms with E-state index in [-0.39, 0.29) is 24.1 Å². The molecule has 0 N–H and O–H groups in total. The Hall–Kier alpha value is -2.25. The highest BCUT2D eigenvalue weighted by atomic mass is 16.5. The third-order valence-electron chi connectivity index (χ3n) is 8.29. The molecular weight excluding hydrogens is 466 g/mol. The molecule has 1 aliphatic heterocycles. The molecule has 7 nitrogen and oxygen atoms in total. The van der Waals surface area contributed by atoms with Gasteiger partial charge in [-0.3, -0.25) is 9.69 Å². The summed E-state index contributed by atoms with van der Waals surface area (Å²) >= 11 is 0. The van der Waals surface area contributed by atoms with E-state index in [0.29, 0.717) is 18.0 Å². The molecule has 1 saturated heterocycles. The average molecular weight is 512 g/mol. The number of benzene rings is 1. The number of esters is 1. The van der Waals surface area contributed by atoms with E-state index in [1.54, 1.807) is 7.11 Å². The number of nitrogens with zero attached hydrogens (tertiary/aromatic N) is 3. The molecule has 2 fully saturated rings. The highest BCUT2D eigenvalue weighted by Crippen LogP contribution is 2.38. The van der Waals surface area contributed by atoms with Gasteiger partial charge in [-0.25, -0.2) is 4.98 Å². The molecule has 1 aromatic heterocycles. The summed E-state index contributed by atoms with van der Waals surface area (Å²) in [6.45, 7) is 12.1. The van der Waals surface area contributed by atoms with E-state index in [0.717, 1.165) is 68.6 Å². The van der Waals surface area contributed by atoms with Gasteiger partial charge < -0.3 is 14.2 Å². The molecule has 1 aliphatic carbocycles. The number of fused-ring (bicyclic) bond motifs is 1. The lowest BCUT2D eigenvalue weighted by Crippen LogP contribution is -2.36. The second-order valence-corrected chi connectivity index (χ2v) is 12.1. The Labute approximate surface area is 222 Å². The van der Waals surface area contributed by atoms with Gasteiger partial charge >= 0.3 is 12.0 Å². The van der Waals surface area contributed by atoms with E-state index in [2.05, 4.69) is 53.8 Å². The van der Waals surface area contributed by atoms with Crippen molar-refractivity contribution in [3.05, 3.63) is 30.0 Å². The van der Waals surface area contributed by atoms with Gasteiger partial charge in [0.15, 0.2) is 0 Å². The van der Waals surface area contributed by atoms with Crippen LogP contribution in [0.5, 0.6) is 6.01 Å². The second kappa shape index (κ2) is 12.5.